The number of carbonyl (C=O) groups excluding carboxylic acids is 1. The predicted octanol–water partition coefficient (Wildman–Crippen LogP) is 2.92. The van der Waals surface area contributed by atoms with Gasteiger partial charge in [-0.25, -0.2) is 4.39 Å². The topological polar surface area (TPSA) is 64.9 Å². The second kappa shape index (κ2) is 7.10. The fraction of sp³-hybridized carbons (Fsp3) is 0.556. The predicted molar refractivity (Wildman–Crippen MR) is 86.9 cm³/mol. The molecule has 2 atom stereocenters. The van der Waals surface area contributed by atoms with Gasteiger partial charge in [0, 0.05) is 6.04 Å². The van der Waals surface area contributed by atoms with Gasteiger partial charge in [-0.1, -0.05) is 26.0 Å². The first-order chi connectivity index (χ1) is 10.9. The number of rotatable bonds is 7. The first kappa shape index (κ1) is 17.4. The molecule has 1 saturated carbocycles. The molecule has 1 amide bonds. The van der Waals surface area contributed by atoms with Crippen molar-refractivity contribution in [2.45, 2.75) is 45.2 Å². The van der Waals surface area contributed by atoms with E-state index in [1.54, 1.807) is 19.1 Å². The van der Waals surface area contributed by atoms with Crippen LogP contribution < -0.4 is 10.6 Å². The molecule has 1 aromatic carbocycles. The molecule has 1 aliphatic carbocycles. The Labute approximate surface area is 137 Å². The van der Waals surface area contributed by atoms with Gasteiger partial charge in [-0.3, -0.25) is 4.79 Å². The number of carbonyl (C=O) groups is 1. The van der Waals surface area contributed by atoms with Crippen LogP contribution in [-0.2, 0) is 4.79 Å². The average Bonchev–Trinajstić information content (AvgIpc) is 3.34. The van der Waals surface area contributed by atoms with E-state index in [9.17, 15) is 14.4 Å². The third-order valence-electron chi connectivity index (χ3n) is 4.40. The zero-order valence-electron chi connectivity index (χ0n) is 13.9. The second-order valence-corrected chi connectivity index (χ2v) is 6.79. The fourth-order valence-corrected chi connectivity index (χ4v) is 2.83. The van der Waals surface area contributed by atoms with Crippen molar-refractivity contribution < 1.29 is 9.18 Å². The zero-order chi connectivity index (χ0) is 17.0. The van der Waals surface area contributed by atoms with Crippen molar-refractivity contribution in [2.24, 2.45) is 11.8 Å². The van der Waals surface area contributed by atoms with Gasteiger partial charge in [0.2, 0.25) is 5.91 Å². The van der Waals surface area contributed by atoms with Gasteiger partial charge in [0.1, 0.15) is 11.4 Å². The summed E-state index contributed by atoms with van der Waals surface area (Å²) in [6.07, 6.45) is 1.98. The van der Waals surface area contributed by atoms with Crippen LogP contribution >= 0.6 is 0 Å². The van der Waals surface area contributed by atoms with Crippen LogP contribution in [-0.4, -0.2) is 18.0 Å². The highest BCUT2D eigenvalue weighted by molar-refractivity contribution is 5.79. The number of nitrogens with one attached hydrogen (secondary N) is 2. The van der Waals surface area contributed by atoms with Crippen LogP contribution in [0.5, 0.6) is 0 Å². The van der Waals surface area contributed by atoms with Crippen molar-refractivity contribution in [3.05, 3.63) is 35.6 Å². The van der Waals surface area contributed by atoms with E-state index in [0.29, 0.717) is 0 Å². The molecule has 0 bridgehead atoms. The normalized spacial score (nSPS) is 18.1. The van der Waals surface area contributed by atoms with Crippen LogP contribution in [0.1, 0.15) is 45.2 Å². The summed E-state index contributed by atoms with van der Waals surface area (Å²) in [6.45, 7) is 6.00. The second-order valence-electron chi connectivity index (χ2n) is 6.79. The van der Waals surface area contributed by atoms with Crippen LogP contribution in [0, 0.1) is 29.0 Å². The van der Waals surface area contributed by atoms with Gasteiger partial charge in [-0.2, -0.15) is 5.26 Å². The summed E-state index contributed by atoms with van der Waals surface area (Å²) in [6, 6.07) is 8.48. The molecular weight excluding hydrogens is 293 g/mol. The van der Waals surface area contributed by atoms with Gasteiger partial charge in [-0.15, -0.1) is 0 Å². The van der Waals surface area contributed by atoms with Crippen molar-refractivity contribution in [3.8, 4) is 6.07 Å². The van der Waals surface area contributed by atoms with Gasteiger partial charge in [-0.05, 0) is 49.3 Å². The highest BCUT2D eigenvalue weighted by Gasteiger charge is 2.42. The lowest BCUT2D eigenvalue weighted by Crippen LogP contribution is -2.50. The van der Waals surface area contributed by atoms with Crippen LogP contribution in [0.15, 0.2) is 24.3 Å². The van der Waals surface area contributed by atoms with Crippen molar-refractivity contribution in [2.75, 3.05) is 6.54 Å². The van der Waals surface area contributed by atoms with Crippen LogP contribution in [0.2, 0.25) is 0 Å². The zero-order valence-corrected chi connectivity index (χ0v) is 13.9. The number of nitrogens with zero attached hydrogens (tertiary/aromatic N) is 1. The van der Waals surface area contributed by atoms with Gasteiger partial charge in [0.05, 0.1) is 12.6 Å². The highest BCUT2D eigenvalue weighted by Crippen LogP contribution is 2.39. The lowest BCUT2D eigenvalue weighted by Gasteiger charge is -2.26. The quantitative estimate of drug-likeness (QED) is 0.812. The van der Waals surface area contributed by atoms with E-state index in [1.807, 2.05) is 13.8 Å². The van der Waals surface area contributed by atoms with E-state index < -0.39 is 5.54 Å². The Balaban J connectivity index is 1.95. The van der Waals surface area contributed by atoms with E-state index in [1.165, 1.54) is 12.1 Å². The van der Waals surface area contributed by atoms with Crippen LogP contribution in [0.25, 0.3) is 0 Å². The van der Waals surface area contributed by atoms with Crippen LogP contribution in [0.4, 0.5) is 4.39 Å². The number of hydrogen-bond donors (Lipinski definition) is 2. The Bertz CT molecular complexity index is 589. The summed E-state index contributed by atoms with van der Waals surface area (Å²) < 4.78 is 13.1. The lowest BCUT2D eigenvalue weighted by atomic mass is 9.95. The molecule has 1 aromatic rings. The minimum Gasteiger partial charge on any atom is -0.337 e. The standard InChI is InChI=1S/C18H24FN3O/c1-12(2)17(13-4-8-15(19)9-5-13)21-10-16(23)22-18(3,11-20)14-6-7-14/h4-5,8-9,12,14,17,21H,6-7,10H2,1-3H3,(H,22,23)/t17-,18+/m1/s1. The molecule has 1 fully saturated rings. The van der Waals surface area contributed by atoms with E-state index >= 15 is 0 Å². The molecule has 124 valence electrons. The van der Waals surface area contributed by atoms with Crippen molar-refractivity contribution in [1.82, 2.24) is 10.6 Å². The first-order valence-electron chi connectivity index (χ1n) is 8.07. The minimum absolute atomic E-state index is 0.0457. The highest BCUT2D eigenvalue weighted by atomic mass is 19.1. The molecule has 5 heteroatoms. The number of nitriles is 1. The SMILES string of the molecule is CC(C)[C@@H](NCC(=O)N[C@@](C)(C#N)C1CC1)c1ccc(F)cc1. The average molecular weight is 317 g/mol. The smallest absolute Gasteiger partial charge is 0.235 e. The van der Waals surface area contributed by atoms with Crippen molar-refractivity contribution >= 4 is 5.91 Å². The molecule has 0 radical (unpaired) electrons. The van der Waals surface area contributed by atoms with E-state index in [2.05, 4.69) is 16.7 Å². The molecule has 0 heterocycles. The van der Waals surface area contributed by atoms with E-state index in [4.69, 9.17) is 0 Å². The number of amides is 1. The van der Waals surface area contributed by atoms with Crippen molar-refractivity contribution in [3.63, 3.8) is 0 Å². The van der Waals surface area contributed by atoms with Gasteiger partial charge >= 0.3 is 0 Å². The Kier molecular flexibility index (Phi) is 5.38. The molecule has 0 aliphatic heterocycles. The molecule has 0 aromatic heterocycles. The Morgan fingerprint density at radius 3 is 2.48 bits per heavy atom. The third kappa shape index (κ3) is 4.52. The maximum absolute atomic E-state index is 13.1. The maximum Gasteiger partial charge on any atom is 0.235 e. The summed E-state index contributed by atoms with van der Waals surface area (Å²) in [5.41, 5.74) is 0.168. The summed E-state index contributed by atoms with van der Waals surface area (Å²) in [7, 11) is 0. The lowest BCUT2D eigenvalue weighted by molar-refractivity contribution is -0.121. The van der Waals surface area contributed by atoms with Gasteiger partial charge in [0.15, 0.2) is 0 Å². The molecular formula is C18H24FN3O. The van der Waals surface area contributed by atoms with Crippen molar-refractivity contribution in [1.29, 1.82) is 5.26 Å². The van der Waals surface area contributed by atoms with Gasteiger partial charge < -0.3 is 10.6 Å². The Morgan fingerprint density at radius 1 is 1.39 bits per heavy atom. The number of benzene rings is 1. The summed E-state index contributed by atoms with van der Waals surface area (Å²) in [5.74, 6) is 0.0467. The third-order valence-corrected chi connectivity index (χ3v) is 4.40. The van der Waals surface area contributed by atoms with Gasteiger partial charge in [0.25, 0.3) is 0 Å². The minimum atomic E-state index is -0.776. The molecule has 4 nitrogen and oxygen atoms in total. The summed E-state index contributed by atoms with van der Waals surface area (Å²) >= 11 is 0. The molecule has 1 aliphatic rings. The monoisotopic (exact) mass is 317 g/mol. The number of halogens is 1. The molecule has 0 unspecified atom stereocenters. The van der Waals surface area contributed by atoms with E-state index in [0.717, 1.165) is 18.4 Å². The molecule has 0 saturated heterocycles. The first-order valence-corrected chi connectivity index (χ1v) is 8.07. The van der Waals surface area contributed by atoms with E-state index in [-0.39, 0.29) is 36.1 Å². The largest absolute Gasteiger partial charge is 0.337 e. The molecule has 23 heavy (non-hydrogen) atoms. The number of hydrogen-bond acceptors (Lipinski definition) is 3. The summed E-state index contributed by atoms with van der Waals surface area (Å²) in [4.78, 5) is 12.2. The van der Waals surface area contributed by atoms with Crippen LogP contribution in [0.3, 0.4) is 0 Å². The Morgan fingerprint density at radius 2 is 2.00 bits per heavy atom. The molecule has 0 spiro atoms. The fourth-order valence-electron chi connectivity index (χ4n) is 2.83. The maximum atomic E-state index is 13.1. The summed E-state index contributed by atoms with van der Waals surface area (Å²) in [5, 5.41) is 15.3. The molecule has 2 rings (SSSR count). The Hall–Kier alpha value is -1.93. The molecule has 2 N–H and O–H groups in total.